The summed E-state index contributed by atoms with van der Waals surface area (Å²) < 4.78 is 46.1. The fourth-order valence-corrected chi connectivity index (χ4v) is 3.36. The molecule has 4 nitrogen and oxygen atoms in total. The lowest BCUT2D eigenvalue weighted by molar-refractivity contribution is -0.0340. The Morgan fingerprint density at radius 1 is 0.839 bits per heavy atom. The number of hydrogen-bond acceptors (Lipinski definition) is 4. The second kappa shape index (κ2) is 9.73. The SMILES string of the molecule is Nc1cc(F)c([C@@H]2C=C(OCc3ccccc3)[C@H](COCc3ccccc3)O2)cc1F. The van der Waals surface area contributed by atoms with E-state index in [2.05, 4.69) is 0 Å². The van der Waals surface area contributed by atoms with E-state index in [1.54, 1.807) is 6.08 Å². The van der Waals surface area contributed by atoms with Crippen molar-refractivity contribution in [1.82, 2.24) is 0 Å². The zero-order chi connectivity index (χ0) is 21.6. The number of nitrogens with two attached hydrogens (primary N) is 1. The maximum atomic E-state index is 14.4. The summed E-state index contributed by atoms with van der Waals surface area (Å²) in [5.41, 5.74) is 7.30. The van der Waals surface area contributed by atoms with Gasteiger partial charge in [0.2, 0.25) is 0 Å². The number of halogens is 2. The van der Waals surface area contributed by atoms with E-state index in [1.165, 1.54) is 0 Å². The minimum Gasteiger partial charge on any atom is -0.491 e. The molecule has 0 aromatic heterocycles. The van der Waals surface area contributed by atoms with Gasteiger partial charge in [0, 0.05) is 11.6 Å². The van der Waals surface area contributed by atoms with E-state index < -0.39 is 23.8 Å². The van der Waals surface area contributed by atoms with Gasteiger partial charge in [-0.3, -0.25) is 0 Å². The van der Waals surface area contributed by atoms with Gasteiger partial charge in [-0.1, -0.05) is 60.7 Å². The van der Waals surface area contributed by atoms with Crippen LogP contribution < -0.4 is 5.73 Å². The Hall–Kier alpha value is -3.22. The first-order chi connectivity index (χ1) is 15.1. The summed E-state index contributed by atoms with van der Waals surface area (Å²) in [5.74, 6) is -0.795. The first kappa shape index (κ1) is 21.0. The van der Waals surface area contributed by atoms with Gasteiger partial charge in [0.15, 0.2) is 0 Å². The summed E-state index contributed by atoms with van der Waals surface area (Å²) in [6.45, 7) is 0.948. The smallest absolute Gasteiger partial charge is 0.146 e. The molecule has 2 N–H and O–H groups in total. The molecule has 0 fully saturated rings. The minimum atomic E-state index is -0.800. The molecule has 0 unspecified atom stereocenters. The highest BCUT2D eigenvalue weighted by Gasteiger charge is 2.32. The zero-order valence-corrected chi connectivity index (χ0v) is 16.8. The van der Waals surface area contributed by atoms with Crippen molar-refractivity contribution in [2.75, 3.05) is 12.3 Å². The van der Waals surface area contributed by atoms with Crippen molar-refractivity contribution in [3.8, 4) is 0 Å². The fraction of sp³-hybridized carbons (Fsp3) is 0.200. The number of hydrogen-bond donors (Lipinski definition) is 1. The highest BCUT2D eigenvalue weighted by atomic mass is 19.1. The highest BCUT2D eigenvalue weighted by Crippen LogP contribution is 2.35. The van der Waals surface area contributed by atoms with Crippen LogP contribution in [-0.2, 0) is 27.4 Å². The molecule has 160 valence electrons. The average Bonchev–Trinajstić information content (AvgIpc) is 3.19. The Labute approximate surface area is 179 Å². The zero-order valence-electron chi connectivity index (χ0n) is 16.8. The summed E-state index contributed by atoms with van der Waals surface area (Å²) in [5, 5.41) is 0. The van der Waals surface area contributed by atoms with Gasteiger partial charge in [0.05, 0.1) is 18.9 Å². The second-order valence-corrected chi connectivity index (χ2v) is 7.28. The summed E-state index contributed by atoms with van der Waals surface area (Å²) in [7, 11) is 0. The third-order valence-corrected chi connectivity index (χ3v) is 5.00. The number of ether oxygens (including phenoxy) is 3. The molecule has 0 saturated heterocycles. The molecular formula is C25H23F2NO3. The van der Waals surface area contributed by atoms with Crippen LogP contribution in [0, 0.1) is 11.6 Å². The number of anilines is 1. The van der Waals surface area contributed by atoms with Crippen LogP contribution in [0.15, 0.2) is 84.6 Å². The van der Waals surface area contributed by atoms with Crippen molar-refractivity contribution < 1.29 is 23.0 Å². The summed E-state index contributed by atoms with van der Waals surface area (Å²) in [6.07, 6.45) is 0.316. The van der Waals surface area contributed by atoms with Crippen LogP contribution in [-0.4, -0.2) is 12.7 Å². The van der Waals surface area contributed by atoms with E-state index in [4.69, 9.17) is 19.9 Å². The predicted octanol–water partition coefficient (Wildman–Crippen LogP) is 5.30. The molecular weight excluding hydrogens is 400 g/mol. The van der Waals surface area contributed by atoms with Crippen molar-refractivity contribution in [3.05, 3.63) is 113 Å². The van der Waals surface area contributed by atoms with E-state index in [0.29, 0.717) is 19.0 Å². The van der Waals surface area contributed by atoms with Crippen LogP contribution in [0.5, 0.6) is 0 Å². The normalized spacial score (nSPS) is 18.1. The first-order valence-electron chi connectivity index (χ1n) is 10.00. The average molecular weight is 423 g/mol. The van der Waals surface area contributed by atoms with Gasteiger partial charge in [0.25, 0.3) is 0 Å². The van der Waals surface area contributed by atoms with Gasteiger partial charge in [-0.05, 0) is 23.3 Å². The van der Waals surface area contributed by atoms with Gasteiger partial charge in [-0.2, -0.15) is 0 Å². The molecule has 3 aromatic carbocycles. The maximum Gasteiger partial charge on any atom is 0.146 e. The van der Waals surface area contributed by atoms with Crippen LogP contribution in [0.1, 0.15) is 22.8 Å². The molecule has 0 saturated carbocycles. The Morgan fingerprint density at radius 3 is 2.16 bits per heavy atom. The molecule has 1 heterocycles. The Balaban J connectivity index is 1.48. The Kier molecular flexibility index (Phi) is 6.60. The molecule has 0 amide bonds. The van der Waals surface area contributed by atoms with Crippen molar-refractivity contribution in [3.63, 3.8) is 0 Å². The first-order valence-corrected chi connectivity index (χ1v) is 10.00. The molecule has 2 atom stereocenters. The molecule has 0 bridgehead atoms. The Morgan fingerprint density at radius 2 is 1.48 bits per heavy atom. The molecule has 1 aliphatic heterocycles. The summed E-state index contributed by atoms with van der Waals surface area (Å²) in [4.78, 5) is 0. The minimum absolute atomic E-state index is 0.0677. The molecule has 0 spiro atoms. The largest absolute Gasteiger partial charge is 0.491 e. The lowest BCUT2D eigenvalue weighted by Gasteiger charge is -2.18. The maximum absolute atomic E-state index is 14.4. The van der Waals surface area contributed by atoms with Crippen LogP contribution in [0.2, 0.25) is 0 Å². The number of benzene rings is 3. The van der Waals surface area contributed by atoms with Crippen LogP contribution in [0.25, 0.3) is 0 Å². The van der Waals surface area contributed by atoms with E-state index >= 15 is 0 Å². The topological polar surface area (TPSA) is 53.7 Å². The van der Waals surface area contributed by atoms with E-state index in [0.717, 1.165) is 23.3 Å². The van der Waals surface area contributed by atoms with Crippen molar-refractivity contribution >= 4 is 5.69 Å². The number of rotatable bonds is 8. The van der Waals surface area contributed by atoms with Gasteiger partial charge < -0.3 is 19.9 Å². The lowest BCUT2D eigenvalue weighted by Crippen LogP contribution is -2.20. The third kappa shape index (κ3) is 5.29. The fourth-order valence-electron chi connectivity index (χ4n) is 3.36. The summed E-state index contributed by atoms with van der Waals surface area (Å²) in [6, 6.07) is 21.4. The molecule has 0 radical (unpaired) electrons. The van der Waals surface area contributed by atoms with Gasteiger partial charge in [-0.15, -0.1) is 0 Å². The predicted molar refractivity (Wildman–Crippen MR) is 114 cm³/mol. The van der Waals surface area contributed by atoms with E-state index in [9.17, 15) is 8.78 Å². The quantitative estimate of drug-likeness (QED) is 0.499. The van der Waals surface area contributed by atoms with Crippen molar-refractivity contribution in [2.24, 2.45) is 0 Å². The Bertz CT molecular complexity index is 1040. The monoisotopic (exact) mass is 423 g/mol. The van der Waals surface area contributed by atoms with Gasteiger partial charge in [-0.25, -0.2) is 8.78 Å². The lowest BCUT2D eigenvalue weighted by atomic mass is 10.1. The van der Waals surface area contributed by atoms with Gasteiger partial charge >= 0.3 is 0 Å². The standard InChI is InChI=1S/C25H23F2NO3/c26-20-12-22(28)21(27)11-19(20)23-13-24(30-15-18-9-5-2-6-10-18)25(31-23)16-29-14-17-7-3-1-4-8-17/h1-13,23,25H,14-16,28H2/t23-,25-/m0/s1. The van der Waals surface area contributed by atoms with Crippen LogP contribution >= 0.6 is 0 Å². The third-order valence-electron chi connectivity index (χ3n) is 5.00. The molecule has 0 aliphatic carbocycles. The second-order valence-electron chi connectivity index (χ2n) is 7.28. The van der Waals surface area contributed by atoms with Gasteiger partial charge in [0.1, 0.15) is 36.2 Å². The van der Waals surface area contributed by atoms with E-state index in [-0.39, 0.29) is 17.9 Å². The molecule has 4 rings (SSSR count). The number of nitrogen functional groups attached to an aromatic ring is 1. The highest BCUT2D eigenvalue weighted by molar-refractivity contribution is 5.44. The van der Waals surface area contributed by atoms with Crippen molar-refractivity contribution in [2.45, 2.75) is 25.4 Å². The summed E-state index contributed by atoms with van der Waals surface area (Å²) >= 11 is 0. The van der Waals surface area contributed by atoms with Crippen LogP contribution in [0.4, 0.5) is 14.5 Å². The van der Waals surface area contributed by atoms with E-state index in [1.807, 2.05) is 60.7 Å². The van der Waals surface area contributed by atoms with Crippen molar-refractivity contribution in [1.29, 1.82) is 0 Å². The molecule has 1 aliphatic rings. The van der Waals surface area contributed by atoms with Crippen LogP contribution in [0.3, 0.4) is 0 Å². The molecule has 31 heavy (non-hydrogen) atoms. The molecule has 3 aromatic rings. The molecule has 6 heteroatoms.